The summed E-state index contributed by atoms with van der Waals surface area (Å²) in [5, 5.41) is 0. The van der Waals surface area contributed by atoms with E-state index in [2.05, 4.69) is 41.5 Å². The van der Waals surface area contributed by atoms with Gasteiger partial charge in [0.1, 0.15) is 5.78 Å². The van der Waals surface area contributed by atoms with E-state index in [9.17, 15) is 4.79 Å². The Kier molecular flexibility index (Phi) is 3.33. The highest BCUT2D eigenvalue weighted by Gasteiger charge is 2.48. The van der Waals surface area contributed by atoms with Crippen molar-refractivity contribution in [3.05, 3.63) is 0 Å². The number of Topliss-reactive ketones (excluding diaryl/α,β-unsaturated/α-hetero) is 1. The van der Waals surface area contributed by atoms with Crippen molar-refractivity contribution in [1.29, 1.82) is 0 Å². The minimum atomic E-state index is 0.264. The van der Waals surface area contributed by atoms with Crippen LogP contribution in [0, 0.1) is 22.7 Å². The van der Waals surface area contributed by atoms with Crippen molar-refractivity contribution in [3.8, 4) is 0 Å². The summed E-state index contributed by atoms with van der Waals surface area (Å²) >= 11 is 0. The molecular formula is C14H26O. The van der Waals surface area contributed by atoms with Gasteiger partial charge in [0.25, 0.3) is 0 Å². The van der Waals surface area contributed by atoms with E-state index in [1.165, 1.54) is 0 Å². The molecule has 0 N–H and O–H groups in total. The maximum atomic E-state index is 11.6. The van der Waals surface area contributed by atoms with Crippen LogP contribution in [0.3, 0.4) is 0 Å². The Morgan fingerprint density at radius 2 is 1.87 bits per heavy atom. The Hall–Kier alpha value is -0.330. The molecule has 0 aromatic carbocycles. The van der Waals surface area contributed by atoms with Crippen molar-refractivity contribution in [1.82, 2.24) is 0 Å². The van der Waals surface area contributed by atoms with Crippen molar-refractivity contribution < 1.29 is 4.79 Å². The summed E-state index contributed by atoms with van der Waals surface area (Å²) in [7, 11) is 0. The molecule has 0 spiro atoms. The first-order valence-electron chi connectivity index (χ1n) is 6.23. The van der Waals surface area contributed by atoms with E-state index in [1.54, 1.807) is 0 Å². The molecule has 0 aliphatic heterocycles. The van der Waals surface area contributed by atoms with Crippen molar-refractivity contribution in [3.63, 3.8) is 0 Å². The first kappa shape index (κ1) is 12.7. The van der Waals surface area contributed by atoms with E-state index in [4.69, 9.17) is 0 Å². The van der Waals surface area contributed by atoms with Crippen LogP contribution < -0.4 is 0 Å². The summed E-state index contributed by atoms with van der Waals surface area (Å²) in [6.07, 6.45) is 2.95. The number of rotatable bonds is 1. The van der Waals surface area contributed by atoms with E-state index in [1.807, 2.05) is 0 Å². The molecule has 2 unspecified atom stereocenters. The zero-order valence-corrected chi connectivity index (χ0v) is 11.2. The molecule has 1 heteroatoms. The molecule has 0 radical (unpaired) electrons. The Labute approximate surface area is 94.6 Å². The predicted molar refractivity (Wildman–Crippen MR) is 64.7 cm³/mol. The van der Waals surface area contributed by atoms with Crippen molar-refractivity contribution in [2.45, 2.75) is 60.8 Å². The lowest BCUT2D eigenvalue weighted by atomic mass is 9.52. The quantitative estimate of drug-likeness (QED) is 0.637. The van der Waals surface area contributed by atoms with E-state index < -0.39 is 0 Å². The summed E-state index contributed by atoms with van der Waals surface area (Å²) < 4.78 is 0. The topological polar surface area (TPSA) is 17.1 Å². The van der Waals surface area contributed by atoms with Crippen LogP contribution in [0.2, 0.25) is 0 Å². The highest BCUT2D eigenvalue weighted by molar-refractivity contribution is 5.81. The summed E-state index contributed by atoms with van der Waals surface area (Å²) in [6.45, 7) is 13.7. The number of hydrogen-bond acceptors (Lipinski definition) is 1. The third kappa shape index (κ3) is 2.11. The second-order valence-corrected chi connectivity index (χ2v) is 6.63. The molecule has 1 nitrogen and oxygen atoms in total. The summed E-state index contributed by atoms with van der Waals surface area (Å²) in [5.41, 5.74) is 0.649. The fourth-order valence-corrected chi connectivity index (χ4v) is 3.43. The molecule has 2 atom stereocenters. The summed E-state index contributed by atoms with van der Waals surface area (Å²) in [4.78, 5) is 11.6. The first-order valence-corrected chi connectivity index (χ1v) is 6.23. The largest absolute Gasteiger partial charge is 0.299 e. The standard InChI is InChI=1S/C14H26O/c1-10(2)14(13(4,5)6)8-7-12(15)11(3)9-14/h10-11H,7-9H2,1-6H3. The van der Waals surface area contributed by atoms with Crippen molar-refractivity contribution >= 4 is 5.78 Å². The molecule has 88 valence electrons. The highest BCUT2D eigenvalue weighted by atomic mass is 16.1. The minimum absolute atomic E-state index is 0.264. The van der Waals surface area contributed by atoms with Gasteiger partial charge in [0, 0.05) is 12.3 Å². The molecule has 0 saturated heterocycles. The van der Waals surface area contributed by atoms with Gasteiger partial charge < -0.3 is 0 Å². The molecular weight excluding hydrogens is 184 g/mol. The molecule has 0 heterocycles. The third-order valence-corrected chi connectivity index (χ3v) is 4.64. The van der Waals surface area contributed by atoms with Gasteiger partial charge in [-0.05, 0) is 29.6 Å². The maximum absolute atomic E-state index is 11.6. The van der Waals surface area contributed by atoms with E-state index >= 15 is 0 Å². The fourth-order valence-electron chi connectivity index (χ4n) is 3.43. The van der Waals surface area contributed by atoms with E-state index in [0.717, 1.165) is 19.3 Å². The molecule has 1 aliphatic carbocycles. The maximum Gasteiger partial charge on any atom is 0.135 e. The van der Waals surface area contributed by atoms with Gasteiger partial charge in [0.2, 0.25) is 0 Å². The smallest absolute Gasteiger partial charge is 0.135 e. The molecule has 1 aliphatic rings. The lowest BCUT2D eigenvalue weighted by Crippen LogP contribution is -2.46. The van der Waals surface area contributed by atoms with E-state index in [-0.39, 0.29) is 5.92 Å². The minimum Gasteiger partial charge on any atom is -0.299 e. The Morgan fingerprint density at radius 1 is 1.33 bits per heavy atom. The number of carbonyl (C=O) groups excluding carboxylic acids is 1. The lowest BCUT2D eigenvalue weighted by molar-refractivity contribution is -0.131. The predicted octanol–water partition coefficient (Wildman–Crippen LogP) is 4.06. The van der Waals surface area contributed by atoms with Gasteiger partial charge in [-0.3, -0.25) is 4.79 Å². The summed E-state index contributed by atoms with van der Waals surface area (Å²) in [6, 6.07) is 0. The van der Waals surface area contributed by atoms with Gasteiger partial charge >= 0.3 is 0 Å². The summed E-state index contributed by atoms with van der Waals surface area (Å²) in [5.74, 6) is 1.39. The van der Waals surface area contributed by atoms with Crippen LogP contribution in [-0.2, 0) is 4.79 Å². The number of ketones is 1. The molecule has 0 aromatic heterocycles. The molecule has 0 aromatic rings. The highest BCUT2D eigenvalue weighted by Crippen LogP contribution is 2.54. The molecule has 0 bridgehead atoms. The zero-order valence-electron chi connectivity index (χ0n) is 11.2. The van der Waals surface area contributed by atoms with Gasteiger partial charge in [0.15, 0.2) is 0 Å². The van der Waals surface area contributed by atoms with Gasteiger partial charge in [-0.15, -0.1) is 0 Å². The first-order chi connectivity index (χ1) is 6.71. The van der Waals surface area contributed by atoms with Crippen LogP contribution in [0.4, 0.5) is 0 Å². The Morgan fingerprint density at radius 3 is 2.20 bits per heavy atom. The second kappa shape index (κ2) is 3.92. The van der Waals surface area contributed by atoms with Crippen LogP contribution in [-0.4, -0.2) is 5.78 Å². The third-order valence-electron chi connectivity index (χ3n) is 4.64. The van der Waals surface area contributed by atoms with Gasteiger partial charge in [-0.1, -0.05) is 41.5 Å². The van der Waals surface area contributed by atoms with Crippen LogP contribution in [0.25, 0.3) is 0 Å². The Bertz CT molecular complexity index is 247. The van der Waals surface area contributed by atoms with Crippen LogP contribution in [0.5, 0.6) is 0 Å². The molecule has 1 fully saturated rings. The van der Waals surface area contributed by atoms with Gasteiger partial charge in [-0.25, -0.2) is 0 Å². The van der Waals surface area contributed by atoms with Crippen LogP contribution in [0.15, 0.2) is 0 Å². The normalized spacial score (nSPS) is 33.5. The monoisotopic (exact) mass is 210 g/mol. The molecule has 1 rings (SSSR count). The van der Waals surface area contributed by atoms with Gasteiger partial charge in [-0.2, -0.15) is 0 Å². The second-order valence-electron chi connectivity index (χ2n) is 6.63. The van der Waals surface area contributed by atoms with Gasteiger partial charge in [0.05, 0.1) is 0 Å². The average molecular weight is 210 g/mol. The van der Waals surface area contributed by atoms with Crippen LogP contribution in [0.1, 0.15) is 60.8 Å². The molecule has 15 heavy (non-hydrogen) atoms. The SMILES string of the molecule is CC1CC(C(C)C)(C(C)(C)C)CCC1=O. The number of hydrogen-bond donors (Lipinski definition) is 0. The fraction of sp³-hybridized carbons (Fsp3) is 0.929. The zero-order chi connectivity index (χ0) is 11.9. The van der Waals surface area contributed by atoms with Crippen molar-refractivity contribution in [2.24, 2.45) is 22.7 Å². The number of carbonyl (C=O) groups is 1. The average Bonchev–Trinajstić information content (AvgIpc) is 2.07. The Balaban J connectivity index is 2.99. The van der Waals surface area contributed by atoms with Crippen molar-refractivity contribution in [2.75, 3.05) is 0 Å². The van der Waals surface area contributed by atoms with E-state index in [0.29, 0.717) is 22.5 Å². The lowest BCUT2D eigenvalue weighted by Gasteiger charge is -2.52. The van der Waals surface area contributed by atoms with Crippen LogP contribution >= 0.6 is 0 Å². The molecule has 1 saturated carbocycles. The molecule has 0 amide bonds.